The van der Waals surface area contributed by atoms with E-state index in [9.17, 15) is 0 Å². The minimum Gasteiger partial charge on any atom is -0.461 e. The van der Waals surface area contributed by atoms with Crippen molar-refractivity contribution in [3.8, 4) is 11.6 Å². The zero-order valence-corrected chi connectivity index (χ0v) is 11.0. The van der Waals surface area contributed by atoms with E-state index < -0.39 is 0 Å². The molecule has 19 heavy (non-hydrogen) atoms. The molecule has 3 heterocycles. The SMILES string of the molecule is Cn1ccnc1CSc1nnc(-c2ccco2)n1N. The van der Waals surface area contributed by atoms with E-state index in [1.165, 1.54) is 16.4 Å². The van der Waals surface area contributed by atoms with Gasteiger partial charge in [-0.25, -0.2) is 9.66 Å². The van der Waals surface area contributed by atoms with E-state index in [4.69, 9.17) is 10.3 Å². The molecule has 3 rings (SSSR count). The second-order valence-corrected chi connectivity index (χ2v) is 4.84. The fourth-order valence-corrected chi connectivity index (χ4v) is 2.47. The van der Waals surface area contributed by atoms with Gasteiger partial charge in [0.05, 0.1) is 12.0 Å². The third-order valence-corrected chi connectivity index (χ3v) is 3.60. The molecule has 0 bridgehead atoms. The Labute approximate surface area is 113 Å². The summed E-state index contributed by atoms with van der Waals surface area (Å²) >= 11 is 1.48. The van der Waals surface area contributed by atoms with Gasteiger partial charge in [0, 0.05) is 19.4 Å². The van der Waals surface area contributed by atoms with E-state index in [-0.39, 0.29) is 0 Å². The van der Waals surface area contributed by atoms with Crippen LogP contribution in [0.4, 0.5) is 0 Å². The fraction of sp³-hybridized carbons (Fsp3) is 0.182. The van der Waals surface area contributed by atoms with Crippen LogP contribution >= 0.6 is 11.8 Å². The quantitative estimate of drug-likeness (QED) is 0.570. The Balaban J connectivity index is 1.78. The van der Waals surface area contributed by atoms with Crippen molar-refractivity contribution in [2.24, 2.45) is 7.05 Å². The molecule has 0 aliphatic carbocycles. The molecular weight excluding hydrogens is 264 g/mol. The van der Waals surface area contributed by atoms with Crippen molar-refractivity contribution in [1.82, 2.24) is 24.4 Å². The Morgan fingerprint density at radius 2 is 2.32 bits per heavy atom. The van der Waals surface area contributed by atoms with Crippen molar-refractivity contribution >= 4 is 11.8 Å². The summed E-state index contributed by atoms with van der Waals surface area (Å²) in [6.07, 6.45) is 5.24. The molecule has 0 aliphatic rings. The Bertz CT molecular complexity index is 671. The summed E-state index contributed by atoms with van der Waals surface area (Å²) < 4.78 is 8.63. The third kappa shape index (κ3) is 2.22. The summed E-state index contributed by atoms with van der Waals surface area (Å²) in [5.74, 6) is 8.69. The number of aromatic nitrogens is 5. The molecule has 0 radical (unpaired) electrons. The minimum atomic E-state index is 0.507. The van der Waals surface area contributed by atoms with E-state index in [0.29, 0.717) is 22.5 Å². The van der Waals surface area contributed by atoms with E-state index in [1.807, 2.05) is 17.8 Å². The Hall–Kier alpha value is -2.22. The summed E-state index contributed by atoms with van der Waals surface area (Å²) in [7, 11) is 1.95. The van der Waals surface area contributed by atoms with Crippen LogP contribution in [0.2, 0.25) is 0 Å². The van der Waals surface area contributed by atoms with E-state index in [2.05, 4.69) is 15.2 Å². The summed E-state index contributed by atoms with van der Waals surface area (Å²) in [5, 5.41) is 8.70. The molecule has 3 aromatic heterocycles. The fourth-order valence-electron chi connectivity index (χ4n) is 1.61. The molecule has 7 nitrogen and oxygen atoms in total. The summed E-state index contributed by atoms with van der Waals surface area (Å²) in [5.41, 5.74) is 0. The lowest BCUT2D eigenvalue weighted by Crippen LogP contribution is -2.11. The Morgan fingerprint density at radius 1 is 1.42 bits per heavy atom. The lowest BCUT2D eigenvalue weighted by atomic mass is 10.4. The lowest BCUT2D eigenvalue weighted by molar-refractivity contribution is 0.574. The molecule has 0 fully saturated rings. The van der Waals surface area contributed by atoms with Crippen molar-refractivity contribution < 1.29 is 4.42 Å². The lowest BCUT2D eigenvalue weighted by Gasteiger charge is -2.02. The van der Waals surface area contributed by atoms with Crippen LogP contribution in [0.1, 0.15) is 5.82 Å². The number of nitrogens with two attached hydrogens (primary N) is 1. The van der Waals surface area contributed by atoms with Crippen LogP contribution in [-0.2, 0) is 12.8 Å². The van der Waals surface area contributed by atoms with Gasteiger partial charge >= 0.3 is 0 Å². The van der Waals surface area contributed by atoms with Gasteiger partial charge in [-0.2, -0.15) is 0 Å². The normalized spacial score (nSPS) is 11.0. The maximum Gasteiger partial charge on any atom is 0.218 e. The first-order valence-electron chi connectivity index (χ1n) is 5.59. The average molecular weight is 276 g/mol. The molecule has 0 spiro atoms. The molecule has 3 aromatic rings. The van der Waals surface area contributed by atoms with Crippen LogP contribution < -0.4 is 5.84 Å². The first-order chi connectivity index (χ1) is 9.25. The molecule has 2 N–H and O–H groups in total. The standard InChI is InChI=1S/C11H12N6OS/c1-16-5-4-13-9(16)7-19-11-15-14-10(17(11)12)8-3-2-6-18-8/h2-6H,7,12H2,1H3. The maximum absolute atomic E-state index is 5.96. The molecule has 0 amide bonds. The number of imidazole rings is 1. The summed E-state index contributed by atoms with van der Waals surface area (Å²) in [6.45, 7) is 0. The number of furan rings is 1. The monoisotopic (exact) mass is 276 g/mol. The topological polar surface area (TPSA) is 87.7 Å². The van der Waals surface area contributed by atoms with Gasteiger partial charge in [0.15, 0.2) is 5.76 Å². The van der Waals surface area contributed by atoms with Gasteiger partial charge in [-0.15, -0.1) is 10.2 Å². The number of nitrogens with zero attached hydrogens (tertiary/aromatic N) is 5. The number of nitrogen functional groups attached to an aromatic ring is 1. The summed E-state index contributed by atoms with van der Waals surface area (Å²) in [4.78, 5) is 4.24. The second-order valence-electron chi connectivity index (χ2n) is 3.90. The predicted octanol–water partition coefficient (Wildman–Crippen LogP) is 1.28. The van der Waals surface area contributed by atoms with Crippen LogP contribution in [0.15, 0.2) is 40.4 Å². The van der Waals surface area contributed by atoms with E-state index >= 15 is 0 Å². The molecule has 98 valence electrons. The zero-order valence-electron chi connectivity index (χ0n) is 10.2. The van der Waals surface area contributed by atoms with E-state index in [1.54, 1.807) is 24.6 Å². The van der Waals surface area contributed by atoms with Crippen molar-refractivity contribution in [3.63, 3.8) is 0 Å². The van der Waals surface area contributed by atoms with Gasteiger partial charge in [-0.3, -0.25) is 0 Å². The van der Waals surface area contributed by atoms with Crippen molar-refractivity contribution in [1.29, 1.82) is 0 Å². The first-order valence-corrected chi connectivity index (χ1v) is 6.57. The van der Waals surface area contributed by atoms with Crippen LogP contribution in [0.3, 0.4) is 0 Å². The maximum atomic E-state index is 5.96. The highest BCUT2D eigenvalue weighted by molar-refractivity contribution is 7.98. The molecule has 0 atom stereocenters. The van der Waals surface area contributed by atoms with Crippen LogP contribution in [0, 0.1) is 0 Å². The molecule has 0 saturated carbocycles. The highest BCUT2D eigenvalue weighted by atomic mass is 32.2. The molecule has 0 aliphatic heterocycles. The molecule has 0 unspecified atom stereocenters. The van der Waals surface area contributed by atoms with Gasteiger partial charge in [-0.1, -0.05) is 11.8 Å². The van der Waals surface area contributed by atoms with Crippen molar-refractivity contribution in [2.75, 3.05) is 5.84 Å². The molecular formula is C11H12N6OS. The van der Waals surface area contributed by atoms with Crippen LogP contribution in [0.5, 0.6) is 0 Å². The molecule has 8 heteroatoms. The molecule has 0 aromatic carbocycles. The second kappa shape index (κ2) is 4.81. The van der Waals surface area contributed by atoms with Gasteiger partial charge in [0.1, 0.15) is 5.82 Å². The van der Waals surface area contributed by atoms with Gasteiger partial charge in [0.25, 0.3) is 0 Å². The van der Waals surface area contributed by atoms with E-state index in [0.717, 1.165) is 5.82 Å². The van der Waals surface area contributed by atoms with Gasteiger partial charge in [0.2, 0.25) is 11.0 Å². The largest absolute Gasteiger partial charge is 0.461 e. The average Bonchev–Trinajstić information content (AvgIpc) is 3.09. The van der Waals surface area contributed by atoms with Crippen LogP contribution in [0.25, 0.3) is 11.6 Å². The van der Waals surface area contributed by atoms with Gasteiger partial charge < -0.3 is 14.8 Å². The third-order valence-electron chi connectivity index (χ3n) is 2.66. The minimum absolute atomic E-state index is 0.507. The zero-order chi connectivity index (χ0) is 13.2. The number of thioether (sulfide) groups is 1. The first kappa shape index (κ1) is 11.8. The number of hydrogen-bond acceptors (Lipinski definition) is 6. The Kier molecular flexibility index (Phi) is 3.00. The van der Waals surface area contributed by atoms with Crippen molar-refractivity contribution in [3.05, 3.63) is 36.6 Å². The summed E-state index contributed by atoms with van der Waals surface area (Å²) in [6, 6.07) is 3.57. The number of rotatable bonds is 4. The number of aryl methyl sites for hydroxylation is 1. The number of hydrogen-bond donors (Lipinski definition) is 1. The van der Waals surface area contributed by atoms with Gasteiger partial charge in [-0.05, 0) is 12.1 Å². The highest BCUT2D eigenvalue weighted by Gasteiger charge is 2.14. The smallest absolute Gasteiger partial charge is 0.218 e. The Morgan fingerprint density at radius 3 is 3.00 bits per heavy atom. The highest BCUT2D eigenvalue weighted by Crippen LogP contribution is 2.23. The van der Waals surface area contributed by atoms with Crippen molar-refractivity contribution in [2.45, 2.75) is 10.9 Å². The predicted molar refractivity (Wildman–Crippen MR) is 70.6 cm³/mol. The van der Waals surface area contributed by atoms with Crippen LogP contribution in [-0.4, -0.2) is 24.4 Å². The molecule has 0 saturated heterocycles.